The average molecular weight is 421 g/mol. The lowest BCUT2D eigenvalue weighted by molar-refractivity contribution is -0.142. The van der Waals surface area contributed by atoms with Crippen molar-refractivity contribution in [3.63, 3.8) is 0 Å². The molecule has 30 heavy (non-hydrogen) atoms. The summed E-state index contributed by atoms with van der Waals surface area (Å²) in [6.45, 7) is 6.33. The number of halogens is 3. The van der Waals surface area contributed by atoms with E-state index in [1.807, 2.05) is 13.8 Å². The molecule has 3 aromatic heterocycles. The number of alkyl halides is 3. The SMILES string of the molecule is Cc1cc(C(F)(F)F)n2nc([C@H]3CCCN(C(=O)c4cc(C(C)C)no4)C3)cc2n1. The number of likely N-dealkylation sites (tertiary alicyclic amines) is 1. The standard InChI is InChI=1S/C20H22F3N5O2/c1-11(2)14-8-16(30-26-14)19(29)27-6-4-5-13(10-27)15-9-18-24-12(3)7-17(20(21,22)23)28(18)25-15/h7-9,11,13H,4-6,10H2,1-3H3/t13-/m0/s1. The topological polar surface area (TPSA) is 76.5 Å². The first-order valence-corrected chi connectivity index (χ1v) is 9.84. The quantitative estimate of drug-likeness (QED) is 0.634. The first-order valence-electron chi connectivity index (χ1n) is 9.84. The van der Waals surface area contributed by atoms with Crippen LogP contribution in [-0.4, -0.2) is 43.7 Å². The zero-order valence-electron chi connectivity index (χ0n) is 16.9. The molecule has 0 bridgehead atoms. The van der Waals surface area contributed by atoms with Gasteiger partial charge >= 0.3 is 6.18 Å². The summed E-state index contributed by atoms with van der Waals surface area (Å²) in [6.07, 6.45) is -3.10. The minimum atomic E-state index is -4.54. The van der Waals surface area contributed by atoms with E-state index in [-0.39, 0.29) is 34.8 Å². The van der Waals surface area contributed by atoms with E-state index in [9.17, 15) is 18.0 Å². The van der Waals surface area contributed by atoms with Gasteiger partial charge in [0.2, 0.25) is 5.76 Å². The molecule has 0 aliphatic carbocycles. The van der Waals surface area contributed by atoms with Gasteiger partial charge < -0.3 is 9.42 Å². The second-order valence-corrected chi connectivity index (χ2v) is 7.98. The van der Waals surface area contributed by atoms with Crippen LogP contribution in [0.2, 0.25) is 0 Å². The molecule has 1 saturated heterocycles. The molecule has 160 valence electrons. The van der Waals surface area contributed by atoms with Crippen molar-refractivity contribution in [3.05, 3.63) is 46.7 Å². The van der Waals surface area contributed by atoms with Gasteiger partial charge in [-0.2, -0.15) is 18.3 Å². The number of fused-ring (bicyclic) bond motifs is 1. The van der Waals surface area contributed by atoms with E-state index < -0.39 is 11.9 Å². The van der Waals surface area contributed by atoms with Gasteiger partial charge in [0.1, 0.15) is 5.69 Å². The van der Waals surface area contributed by atoms with E-state index in [1.54, 1.807) is 17.0 Å². The van der Waals surface area contributed by atoms with Gasteiger partial charge in [0.15, 0.2) is 5.65 Å². The van der Waals surface area contributed by atoms with Crippen LogP contribution in [0.15, 0.2) is 22.7 Å². The number of carbonyl (C=O) groups is 1. The maximum absolute atomic E-state index is 13.4. The van der Waals surface area contributed by atoms with E-state index in [2.05, 4.69) is 15.2 Å². The Morgan fingerprint density at radius 3 is 2.70 bits per heavy atom. The summed E-state index contributed by atoms with van der Waals surface area (Å²) in [5.41, 5.74) is 0.762. The molecule has 0 aromatic carbocycles. The van der Waals surface area contributed by atoms with E-state index in [4.69, 9.17) is 4.52 Å². The van der Waals surface area contributed by atoms with Crippen LogP contribution in [0.5, 0.6) is 0 Å². The van der Waals surface area contributed by atoms with Crippen molar-refractivity contribution in [3.8, 4) is 0 Å². The van der Waals surface area contributed by atoms with Gasteiger partial charge in [-0.15, -0.1) is 0 Å². The summed E-state index contributed by atoms with van der Waals surface area (Å²) < 4.78 is 46.3. The maximum atomic E-state index is 13.4. The van der Waals surface area contributed by atoms with Crippen LogP contribution < -0.4 is 0 Å². The van der Waals surface area contributed by atoms with Gasteiger partial charge in [-0.25, -0.2) is 9.50 Å². The zero-order valence-corrected chi connectivity index (χ0v) is 16.9. The molecule has 0 spiro atoms. The van der Waals surface area contributed by atoms with Crippen LogP contribution in [-0.2, 0) is 6.18 Å². The molecule has 1 fully saturated rings. The predicted octanol–water partition coefficient (Wildman–Crippen LogP) is 4.19. The number of rotatable bonds is 3. The van der Waals surface area contributed by atoms with Crippen molar-refractivity contribution in [2.24, 2.45) is 0 Å². The summed E-state index contributed by atoms with van der Waals surface area (Å²) in [4.78, 5) is 18.6. The second kappa shape index (κ2) is 7.41. The molecule has 3 aromatic rings. The van der Waals surface area contributed by atoms with Gasteiger partial charge in [0.25, 0.3) is 5.91 Å². The number of carbonyl (C=O) groups excluding carboxylic acids is 1. The molecule has 7 nitrogen and oxygen atoms in total. The molecule has 0 radical (unpaired) electrons. The van der Waals surface area contributed by atoms with Crippen LogP contribution in [0.25, 0.3) is 5.65 Å². The van der Waals surface area contributed by atoms with Gasteiger partial charge in [0.05, 0.1) is 11.4 Å². The average Bonchev–Trinajstić information content (AvgIpc) is 3.33. The maximum Gasteiger partial charge on any atom is 0.433 e. The highest BCUT2D eigenvalue weighted by Gasteiger charge is 2.36. The van der Waals surface area contributed by atoms with Gasteiger partial charge in [-0.1, -0.05) is 19.0 Å². The molecule has 10 heteroatoms. The lowest BCUT2D eigenvalue weighted by atomic mass is 9.94. The highest BCUT2D eigenvalue weighted by Crippen LogP contribution is 2.32. The summed E-state index contributed by atoms with van der Waals surface area (Å²) >= 11 is 0. The van der Waals surface area contributed by atoms with Crippen molar-refractivity contribution in [2.75, 3.05) is 13.1 Å². The zero-order chi connectivity index (χ0) is 21.6. The Hall–Kier alpha value is -2.91. The van der Waals surface area contributed by atoms with Crippen molar-refractivity contribution in [2.45, 2.75) is 51.6 Å². The lowest BCUT2D eigenvalue weighted by Gasteiger charge is -2.31. The minimum absolute atomic E-state index is 0.140. The molecule has 4 heterocycles. The fourth-order valence-electron chi connectivity index (χ4n) is 3.74. The molecule has 1 aliphatic rings. The third-order valence-corrected chi connectivity index (χ3v) is 5.32. The molecule has 1 amide bonds. The number of amides is 1. The van der Waals surface area contributed by atoms with E-state index in [1.165, 1.54) is 6.92 Å². The van der Waals surface area contributed by atoms with Crippen molar-refractivity contribution >= 4 is 11.6 Å². The Morgan fingerprint density at radius 2 is 2.03 bits per heavy atom. The van der Waals surface area contributed by atoms with Crippen molar-refractivity contribution in [1.82, 2.24) is 24.7 Å². The van der Waals surface area contributed by atoms with Crippen LogP contribution in [0.1, 0.15) is 71.9 Å². The monoisotopic (exact) mass is 421 g/mol. The third kappa shape index (κ3) is 3.78. The summed E-state index contributed by atoms with van der Waals surface area (Å²) in [6, 6.07) is 4.20. The van der Waals surface area contributed by atoms with Gasteiger partial charge in [0, 0.05) is 36.8 Å². The van der Waals surface area contributed by atoms with Crippen LogP contribution in [0, 0.1) is 6.92 Å². The molecule has 1 aliphatic heterocycles. The first kappa shape index (κ1) is 20.4. The molecule has 0 unspecified atom stereocenters. The largest absolute Gasteiger partial charge is 0.433 e. The minimum Gasteiger partial charge on any atom is -0.351 e. The highest BCUT2D eigenvalue weighted by molar-refractivity contribution is 5.91. The molecular formula is C20H22F3N5O2. The lowest BCUT2D eigenvalue weighted by Crippen LogP contribution is -2.39. The Bertz CT molecular complexity index is 1090. The number of nitrogens with zero attached hydrogens (tertiary/aromatic N) is 5. The third-order valence-electron chi connectivity index (χ3n) is 5.32. The summed E-state index contributed by atoms with van der Waals surface area (Å²) in [5.74, 6) is -0.141. The Balaban J connectivity index is 1.60. The normalized spacial score (nSPS) is 17.8. The molecule has 1 atom stereocenters. The predicted molar refractivity (Wildman–Crippen MR) is 101 cm³/mol. The molecule has 4 rings (SSSR count). The number of hydrogen-bond acceptors (Lipinski definition) is 5. The van der Waals surface area contributed by atoms with Gasteiger partial charge in [-0.3, -0.25) is 4.79 Å². The summed E-state index contributed by atoms with van der Waals surface area (Å²) in [7, 11) is 0. The van der Waals surface area contributed by atoms with Crippen LogP contribution in [0.4, 0.5) is 13.2 Å². The van der Waals surface area contributed by atoms with Crippen LogP contribution in [0.3, 0.4) is 0 Å². The summed E-state index contributed by atoms with van der Waals surface area (Å²) in [5, 5.41) is 8.12. The smallest absolute Gasteiger partial charge is 0.351 e. The molecule has 0 N–H and O–H groups in total. The van der Waals surface area contributed by atoms with Crippen molar-refractivity contribution < 1.29 is 22.5 Å². The number of hydrogen-bond donors (Lipinski definition) is 0. The molecular weight excluding hydrogens is 399 g/mol. The van der Waals surface area contributed by atoms with Crippen molar-refractivity contribution in [1.29, 1.82) is 0 Å². The van der Waals surface area contributed by atoms with Gasteiger partial charge in [-0.05, 0) is 31.7 Å². The fourth-order valence-corrected chi connectivity index (χ4v) is 3.74. The Labute approximate surface area is 170 Å². The Kier molecular flexibility index (Phi) is 5.03. The number of piperidine rings is 1. The fraction of sp³-hybridized carbons (Fsp3) is 0.500. The first-order chi connectivity index (χ1) is 14.1. The molecule has 0 saturated carbocycles. The Morgan fingerprint density at radius 1 is 1.27 bits per heavy atom. The van der Waals surface area contributed by atoms with E-state index >= 15 is 0 Å². The highest BCUT2D eigenvalue weighted by atomic mass is 19.4. The van der Waals surface area contributed by atoms with Crippen LogP contribution >= 0.6 is 0 Å². The van der Waals surface area contributed by atoms with E-state index in [0.717, 1.165) is 17.0 Å². The number of aryl methyl sites for hydroxylation is 1. The van der Waals surface area contributed by atoms with E-state index in [0.29, 0.717) is 30.9 Å². The number of aromatic nitrogens is 4. The second-order valence-electron chi connectivity index (χ2n) is 7.98.